The predicted octanol–water partition coefficient (Wildman–Crippen LogP) is 2.22. The van der Waals surface area contributed by atoms with Crippen LogP contribution in [0, 0.1) is 5.92 Å². The highest BCUT2D eigenvalue weighted by molar-refractivity contribution is 5.54. The lowest BCUT2D eigenvalue weighted by Crippen LogP contribution is -2.30. The Morgan fingerprint density at radius 3 is 3.07 bits per heavy atom. The van der Waals surface area contributed by atoms with Crippen molar-refractivity contribution in [2.24, 2.45) is 5.92 Å². The van der Waals surface area contributed by atoms with E-state index in [0.717, 1.165) is 24.9 Å². The van der Waals surface area contributed by atoms with Crippen LogP contribution in [0.2, 0.25) is 0 Å². The van der Waals surface area contributed by atoms with E-state index >= 15 is 0 Å². The second kappa shape index (κ2) is 3.82. The van der Waals surface area contributed by atoms with Gasteiger partial charge in [0.05, 0.1) is 0 Å². The van der Waals surface area contributed by atoms with Gasteiger partial charge in [0.25, 0.3) is 0 Å². The van der Waals surface area contributed by atoms with E-state index in [2.05, 4.69) is 6.07 Å². The lowest BCUT2D eigenvalue weighted by molar-refractivity contribution is -0.113. The number of para-hydroxylation sites is 1. The first kappa shape index (κ1) is 9.25. The number of carbonyl (C=O) groups is 1. The predicted molar refractivity (Wildman–Crippen MR) is 54.4 cm³/mol. The maximum Gasteiger partial charge on any atom is 0.126 e. The van der Waals surface area contributed by atoms with Crippen LogP contribution in [0.25, 0.3) is 0 Å². The molecule has 0 aromatic heterocycles. The van der Waals surface area contributed by atoms with Crippen molar-refractivity contribution in [2.75, 3.05) is 0 Å². The van der Waals surface area contributed by atoms with Crippen molar-refractivity contribution in [3.63, 3.8) is 0 Å². The molecule has 1 aliphatic rings. The van der Waals surface area contributed by atoms with Crippen molar-refractivity contribution < 1.29 is 9.53 Å². The van der Waals surface area contributed by atoms with Crippen LogP contribution in [0.3, 0.4) is 0 Å². The Kier molecular flexibility index (Phi) is 2.53. The SMILES string of the molecule is CC(C=O)C1CCc2ccccc2O1. The molecule has 2 rings (SSSR count). The lowest BCUT2D eigenvalue weighted by Gasteiger charge is -2.27. The Bertz CT molecular complexity index is 333. The van der Waals surface area contributed by atoms with Gasteiger partial charge >= 0.3 is 0 Å². The summed E-state index contributed by atoms with van der Waals surface area (Å²) in [5.41, 5.74) is 1.25. The molecule has 0 radical (unpaired) electrons. The molecule has 2 heteroatoms. The van der Waals surface area contributed by atoms with Crippen molar-refractivity contribution >= 4 is 6.29 Å². The molecule has 0 saturated heterocycles. The van der Waals surface area contributed by atoms with Gasteiger partial charge in [0, 0.05) is 5.92 Å². The topological polar surface area (TPSA) is 26.3 Å². The van der Waals surface area contributed by atoms with Gasteiger partial charge in [-0.2, -0.15) is 0 Å². The number of carbonyl (C=O) groups excluding carboxylic acids is 1. The Morgan fingerprint density at radius 2 is 2.29 bits per heavy atom. The maximum absolute atomic E-state index is 10.6. The third-order valence-electron chi connectivity index (χ3n) is 2.75. The second-order valence-corrected chi connectivity index (χ2v) is 3.80. The molecule has 2 nitrogen and oxygen atoms in total. The quantitative estimate of drug-likeness (QED) is 0.668. The lowest BCUT2D eigenvalue weighted by atomic mass is 9.95. The standard InChI is InChI=1S/C12H14O2/c1-9(8-13)11-7-6-10-4-2-3-5-12(10)14-11/h2-5,8-9,11H,6-7H2,1H3. The van der Waals surface area contributed by atoms with Gasteiger partial charge in [-0.25, -0.2) is 0 Å². The number of aryl methyl sites for hydroxylation is 1. The Balaban J connectivity index is 2.17. The fourth-order valence-corrected chi connectivity index (χ4v) is 1.80. The van der Waals surface area contributed by atoms with E-state index in [1.54, 1.807) is 0 Å². The molecule has 2 atom stereocenters. The number of rotatable bonds is 2. The van der Waals surface area contributed by atoms with Crippen LogP contribution in [-0.4, -0.2) is 12.4 Å². The van der Waals surface area contributed by atoms with E-state index in [1.807, 2.05) is 25.1 Å². The first-order chi connectivity index (χ1) is 6.81. The molecule has 0 spiro atoms. The highest BCUT2D eigenvalue weighted by atomic mass is 16.5. The van der Waals surface area contributed by atoms with Gasteiger partial charge in [0.2, 0.25) is 0 Å². The van der Waals surface area contributed by atoms with Crippen LogP contribution in [0.15, 0.2) is 24.3 Å². The molecule has 0 aliphatic carbocycles. The van der Waals surface area contributed by atoms with E-state index in [1.165, 1.54) is 5.56 Å². The fraction of sp³-hybridized carbons (Fsp3) is 0.417. The highest BCUT2D eigenvalue weighted by Gasteiger charge is 2.23. The first-order valence-electron chi connectivity index (χ1n) is 5.01. The maximum atomic E-state index is 10.6. The molecule has 0 amide bonds. The van der Waals surface area contributed by atoms with Gasteiger partial charge in [-0.15, -0.1) is 0 Å². The largest absolute Gasteiger partial charge is 0.489 e. The van der Waals surface area contributed by atoms with E-state index < -0.39 is 0 Å². The Labute approximate surface area is 83.9 Å². The minimum Gasteiger partial charge on any atom is -0.489 e. The van der Waals surface area contributed by atoms with Crippen LogP contribution in [0.1, 0.15) is 18.9 Å². The van der Waals surface area contributed by atoms with Gasteiger partial charge in [0.15, 0.2) is 0 Å². The number of benzene rings is 1. The van der Waals surface area contributed by atoms with Crippen molar-refractivity contribution in [1.82, 2.24) is 0 Å². The summed E-state index contributed by atoms with van der Waals surface area (Å²) in [6.45, 7) is 1.91. The zero-order valence-corrected chi connectivity index (χ0v) is 8.27. The van der Waals surface area contributed by atoms with E-state index in [4.69, 9.17) is 4.74 Å². The molecule has 0 N–H and O–H groups in total. The van der Waals surface area contributed by atoms with Crippen LogP contribution in [0.4, 0.5) is 0 Å². The van der Waals surface area contributed by atoms with Crippen LogP contribution in [0.5, 0.6) is 5.75 Å². The summed E-state index contributed by atoms with van der Waals surface area (Å²) in [5, 5.41) is 0. The molecule has 14 heavy (non-hydrogen) atoms. The average molecular weight is 190 g/mol. The van der Waals surface area contributed by atoms with Gasteiger partial charge in [0.1, 0.15) is 18.1 Å². The summed E-state index contributed by atoms with van der Waals surface area (Å²) in [5.74, 6) is 0.931. The minimum atomic E-state index is -0.0108. The van der Waals surface area contributed by atoms with Crippen molar-refractivity contribution in [2.45, 2.75) is 25.9 Å². The molecular weight excluding hydrogens is 176 g/mol. The number of ether oxygens (including phenoxy) is 1. The zero-order valence-electron chi connectivity index (χ0n) is 8.27. The molecule has 0 fully saturated rings. The molecule has 1 aromatic carbocycles. The van der Waals surface area contributed by atoms with E-state index in [9.17, 15) is 4.79 Å². The first-order valence-corrected chi connectivity index (χ1v) is 5.01. The summed E-state index contributed by atoms with van der Waals surface area (Å²) in [7, 11) is 0. The van der Waals surface area contributed by atoms with Gasteiger partial charge < -0.3 is 9.53 Å². The van der Waals surface area contributed by atoms with Crippen LogP contribution in [-0.2, 0) is 11.2 Å². The summed E-state index contributed by atoms with van der Waals surface area (Å²) in [6, 6.07) is 8.04. The number of fused-ring (bicyclic) bond motifs is 1. The van der Waals surface area contributed by atoms with Crippen LogP contribution < -0.4 is 4.74 Å². The normalized spacial score (nSPS) is 21.9. The molecule has 0 bridgehead atoms. The summed E-state index contributed by atoms with van der Waals surface area (Å²) >= 11 is 0. The summed E-state index contributed by atoms with van der Waals surface area (Å²) in [4.78, 5) is 10.6. The smallest absolute Gasteiger partial charge is 0.126 e. The Morgan fingerprint density at radius 1 is 1.50 bits per heavy atom. The van der Waals surface area contributed by atoms with E-state index in [0.29, 0.717) is 0 Å². The zero-order chi connectivity index (χ0) is 9.97. The van der Waals surface area contributed by atoms with Crippen LogP contribution >= 0.6 is 0 Å². The number of aldehydes is 1. The third-order valence-corrected chi connectivity index (χ3v) is 2.75. The highest BCUT2D eigenvalue weighted by Crippen LogP contribution is 2.29. The molecule has 0 saturated carbocycles. The summed E-state index contributed by atoms with van der Waals surface area (Å²) in [6.07, 6.45) is 2.98. The second-order valence-electron chi connectivity index (χ2n) is 3.80. The molecule has 1 aromatic rings. The van der Waals surface area contributed by atoms with Crippen molar-refractivity contribution in [3.8, 4) is 5.75 Å². The third kappa shape index (κ3) is 1.65. The molecular formula is C12H14O2. The van der Waals surface area contributed by atoms with E-state index in [-0.39, 0.29) is 12.0 Å². The van der Waals surface area contributed by atoms with Crippen molar-refractivity contribution in [1.29, 1.82) is 0 Å². The molecule has 74 valence electrons. The number of hydrogen-bond acceptors (Lipinski definition) is 2. The minimum absolute atomic E-state index is 0.0108. The fourth-order valence-electron chi connectivity index (χ4n) is 1.80. The monoisotopic (exact) mass is 190 g/mol. The van der Waals surface area contributed by atoms with Gasteiger partial charge in [-0.05, 0) is 24.5 Å². The number of hydrogen-bond donors (Lipinski definition) is 0. The average Bonchev–Trinajstić information content (AvgIpc) is 2.27. The summed E-state index contributed by atoms with van der Waals surface area (Å²) < 4.78 is 5.75. The molecule has 1 heterocycles. The van der Waals surface area contributed by atoms with Gasteiger partial charge in [-0.1, -0.05) is 25.1 Å². The Hall–Kier alpha value is -1.31. The van der Waals surface area contributed by atoms with Crippen molar-refractivity contribution in [3.05, 3.63) is 29.8 Å². The molecule has 1 aliphatic heterocycles. The molecule has 2 unspecified atom stereocenters. The van der Waals surface area contributed by atoms with Gasteiger partial charge in [-0.3, -0.25) is 0 Å².